The molecule has 4 heteroatoms. The third-order valence-corrected chi connectivity index (χ3v) is 4.30. The van der Waals surface area contributed by atoms with Gasteiger partial charge < -0.3 is 10.0 Å². The maximum Gasteiger partial charge on any atom is 0.240 e. The molecule has 4 nitrogen and oxygen atoms in total. The molecule has 0 unspecified atom stereocenters. The zero-order chi connectivity index (χ0) is 13.7. The molecule has 2 rings (SSSR count). The Bertz CT molecular complexity index is 337. The maximum absolute atomic E-state index is 12.5. The van der Waals surface area contributed by atoms with Crippen molar-refractivity contribution in [3.05, 3.63) is 11.8 Å². The Morgan fingerprint density at radius 2 is 2.21 bits per heavy atom. The predicted octanol–water partition coefficient (Wildman–Crippen LogP) is 1.75. The standard InChI is InChI=1S/C15H26N2O2/c1-2-17(14-6-3-4-7-14)15(19)12-16(10-11-18)13-8-5-9-13/h6,13,18H,2-5,7-12H2,1H3. The highest BCUT2D eigenvalue weighted by Crippen LogP contribution is 2.25. The minimum absolute atomic E-state index is 0.138. The van der Waals surface area contributed by atoms with Crippen molar-refractivity contribution in [3.8, 4) is 0 Å². The zero-order valence-electron chi connectivity index (χ0n) is 12.0. The SMILES string of the molecule is CCN(C(=O)CN(CCO)C1CCC1)C1=CCCC1. The Hall–Kier alpha value is -0.870. The fourth-order valence-electron chi connectivity index (χ4n) is 2.97. The van der Waals surface area contributed by atoms with Crippen molar-refractivity contribution >= 4 is 5.91 Å². The van der Waals surface area contributed by atoms with Crippen molar-refractivity contribution in [2.24, 2.45) is 0 Å². The van der Waals surface area contributed by atoms with Gasteiger partial charge in [0, 0.05) is 24.8 Å². The predicted molar refractivity (Wildman–Crippen MR) is 75.6 cm³/mol. The number of aliphatic hydroxyl groups is 1. The Morgan fingerprint density at radius 1 is 1.42 bits per heavy atom. The molecule has 1 amide bonds. The van der Waals surface area contributed by atoms with Gasteiger partial charge >= 0.3 is 0 Å². The lowest BCUT2D eigenvalue weighted by Crippen LogP contribution is -2.47. The van der Waals surface area contributed by atoms with Crippen LogP contribution in [0.1, 0.15) is 45.4 Å². The average Bonchev–Trinajstić information content (AvgIpc) is 2.81. The molecule has 0 aliphatic heterocycles. The first-order valence-corrected chi connectivity index (χ1v) is 7.60. The van der Waals surface area contributed by atoms with Crippen LogP contribution in [0.2, 0.25) is 0 Å². The number of hydrogen-bond donors (Lipinski definition) is 1. The van der Waals surface area contributed by atoms with Gasteiger partial charge in [0.25, 0.3) is 0 Å². The van der Waals surface area contributed by atoms with Crippen LogP contribution in [0.3, 0.4) is 0 Å². The summed E-state index contributed by atoms with van der Waals surface area (Å²) in [6.45, 7) is 4.00. The number of likely N-dealkylation sites (N-methyl/N-ethyl adjacent to an activating group) is 1. The Morgan fingerprint density at radius 3 is 2.68 bits per heavy atom. The third-order valence-electron chi connectivity index (χ3n) is 4.30. The second kappa shape index (κ2) is 7.06. The van der Waals surface area contributed by atoms with Crippen molar-refractivity contribution in [2.75, 3.05) is 26.2 Å². The van der Waals surface area contributed by atoms with Gasteiger partial charge in [-0.3, -0.25) is 9.69 Å². The van der Waals surface area contributed by atoms with Crippen molar-refractivity contribution < 1.29 is 9.90 Å². The molecular weight excluding hydrogens is 240 g/mol. The molecule has 1 N–H and O–H groups in total. The first kappa shape index (κ1) is 14.5. The number of amides is 1. The van der Waals surface area contributed by atoms with E-state index in [1.165, 1.54) is 31.4 Å². The van der Waals surface area contributed by atoms with Gasteiger partial charge in [-0.25, -0.2) is 0 Å². The van der Waals surface area contributed by atoms with Crippen molar-refractivity contribution in [1.29, 1.82) is 0 Å². The van der Waals surface area contributed by atoms with Crippen LogP contribution in [0.5, 0.6) is 0 Å². The number of carbonyl (C=O) groups is 1. The first-order valence-electron chi connectivity index (χ1n) is 7.60. The van der Waals surface area contributed by atoms with Gasteiger partial charge in [0.2, 0.25) is 5.91 Å². The summed E-state index contributed by atoms with van der Waals surface area (Å²) in [5.41, 5.74) is 1.20. The van der Waals surface area contributed by atoms with Gasteiger partial charge in [0.1, 0.15) is 0 Å². The van der Waals surface area contributed by atoms with E-state index < -0.39 is 0 Å². The van der Waals surface area contributed by atoms with Crippen LogP contribution in [0.4, 0.5) is 0 Å². The Labute approximate surface area is 116 Å². The summed E-state index contributed by atoms with van der Waals surface area (Å²) in [6, 6.07) is 0.507. The number of aliphatic hydroxyl groups excluding tert-OH is 1. The van der Waals surface area contributed by atoms with Crippen LogP contribution in [0.25, 0.3) is 0 Å². The number of allylic oxidation sites excluding steroid dienone is 2. The lowest BCUT2D eigenvalue weighted by atomic mass is 9.91. The zero-order valence-corrected chi connectivity index (χ0v) is 12.0. The van der Waals surface area contributed by atoms with Crippen molar-refractivity contribution in [2.45, 2.75) is 51.5 Å². The molecule has 0 aromatic heterocycles. The maximum atomic E-state index is 12.5. The highest BCUT2D eigenvalue weighted by molar-refractivity contribution is 5.80. The number of nitrogens with zero attached hydrogens (tertiary/aromatic N) is 2. The molecule has 0 heterocycles. The van der Waals surface area contributed by atoms with E-state index in [1.807, 2.05) is 11.8 Å². The summed E-state index contributed by atoms with van der Waals surface area (Å²) in [4.78, 5) is 16.5. The van der Waals surface area contributed by atoms with Gasteiger partial charge in [0.15, 0.2) is 0 Å². The fraction of sp³-hybridized carbons (Fsp3) is 0.800. The number of rotatable bonds is 7. The molecular formula is C15H26N2O2. The van der Waals surface area contributed by atoms with E-state index in [1.54, 1.807) is 0 Å². The molecule has 108 valence electrons. The van der Waals surface area contributed by atoms with Crippen LogP contribution in [-0.4, -0.2) is 53.1 Å². The minimum Gasteiger partial charge on any atom is -0.395 e. The molecule has 1 saturated carbocycles. The molecule has 1 fully saturated rings. The highest BCUT2D eigenvalue weighted by atomic mass is 16.3. The number of carbonyl (C=O) groups excluding carboxylic acids is 1. The van der Waals surface area contributed by atoms with Crippen LogP contribution in [0.15, 0.2) is 11.8 Å². The largest absolute Gasteiger partial charge is 0.395 e. The summed E-state index contributed by atoms with van der Waals surface area (Å²) in [6.07, 6.45) is 9.09. The van der Waals surface area contributed by atoms with Crippen LogP contribution in [-0.2, 0) is 4.79 Å². The van der Waals surface area contributed by atoms with Gasteiger partial charge in [0.05, 0.1) is 13.2 Å². The molecule has 0 spiro atoms. The molecule has 0 atom stereocenters. The first-order chi connectivity index (χ1) is 9.26. The van der Waals surface area contributed by atoms with Gasteiger partial charge in [-0.15, -0.1) is 0 Å². The molecule has 2 aliphatic carbocycles. The molecule has 0 radical (unpaired) electrons. The summed E-state index contributed by atoms with van der Waals surface area (Å²) in [7, 11) is 0. The third kappa shape index (κ3) is 3.57. The van der Waals surface area contributed by atoms with E-state index in [0.717, 1.165) is 19.4 Å². The smallest absolute Gasteiger partial charge is 0.240 e. The lowest BCUT2D eigenvalue weighted by Gasteiger charge is -2.37. The molecule has 19 heavy (non-hydrogen) atoms. The van der Waals surface area contributed by atoms with Gasteiger partial charge in [-0.1, -0.05) is 12.5 Å². The molecule has 0 aromatic rings. The Kier molecular flexibility index (Phi) is 5.40. The molecule has 0 aromatic carbocycles. The average molecular weight is 266 g/mol. The summed E-state index contributed by atoms with van der Waals surface area (Å²) < 4.78 is 0. The topological polar surface area (TPSA) is 43.8 Å². The van der Waals surface area contributed by atoms with E-state index in [2.05, 4.69) is 11.0 Å². The van der Waals surface area contributed by atoms with E-state index in [-0.39, 0.29) is 12.5 Å². The number of hydrogen-bond acceptors (Lipinski definition) is 3. The van der Waals surface area contributed by atoms with Crippen LogP contribution >= 0.6 is 0 Å². The monoisotopic (exact) mass is 266 g/mol. The van der Waals surface area contributed by atoms with E-state index in [0.29, 0.717) is 19.1 Å². The summed E-state index contributed by atoms with van der Waals surface area (Å²) >= 11 is 0. The van der Waals surface area contributed by atoms with E-state index in [9.17, 15) is 4.79 Å². The van der Waals surface area contributed by atoms with Crippen LogP contribution < -0.4 is 0 Å². The quantitative estimate of drug-likeness (QED) is 0.763. The highest BCUT2D eigenvalue weighted by Gasteiger charge is 2.28. The van der Waals surface area contributed by atoms with Crippen molar-refractivity contribution in [1.82, 2.24) is 9.80 Å². The van der Waals surface area contributed by atoms with Gasteiger partial charge in [-0.05, 0) is 39.0 Å². The van der Waals surface area contributed by atoms with Crippen molar-refractivity contribution in [3.63, 3.8) is 0 Å². The Balaban J connectivity index is 1.92. The normalized spacial score (nSPS) is 19.4. The second-order valence-corrected chi connectivity index (χ2v) is 5.50. The molecule has 0 bridgehead atoms. The molecule has 0 saturated heterocycles. The lowest BCUT2D eigenvalue weighted by molar-refractivity contribution is -0.131. The second-order valence-electron chi connectivity index (χ2n) is 5.50. The molecule has 2 aliphatic rings. The fourth-order valence-corrected chi connectivity index (χ4v) is 2.97. The van der Waals surface area contributed by atoms with E-state index >= 15 is 0 Å². The van der Waals surface area contributed by atoms with Gasteiger partial charge in [-0.2, -0.15) is 0 Å². The summed E-state index contributed by atoms with van der Waals surface area (Å²) in [5.74, 6) is 0.191. The summed E-state index contributed by atoms with van der Waals surface area (Å²) in [5, 5.41) is 9.15. The van der Waals surface area contributed by atoms with E-state index in [4.69, 9.17) is 5.11 Å². The minimum atomic E-state index is 0.138. The van der Waals surface area contributed by atoms with Crippen LogP contribution in [0, 0.1) is 0 Å².